The number of amides is 1. The van der Waals surface area contributed by atoms with Gasteiger partial charge in [0.25, 0.3) is 0 Å². The topological polar surface area (TPSA) is 41.9 Å². The number of rotatable bonds is 3. The summed E-state index contributed by atoms with van der Waals surface area (Å²) in [5.74, 6) is 0.517. The highest BCUT2D eigenvalue weighted by molar-refractivity contribution is 8.13. The van der Waals surface area contributed by atoms with E-state index in [1.165, 1.54) is 11.8 Å². The number of hydrogen-bond acceptors (Lipinski definition) is 4. The van der Waals surface area contributed by atoms with E-state index in [2.05, 4.69) is 0 Å². The third kappa shape index (κ3) is 3.66. The Morgan fingerprint density at radius 3 is 1.96 bits per heavy atom. The molecule has 2 atom stereocenters. The van der Waals surface area contributed by atoms with Crippen molar-refractivity contribution >= 4 is 23.0 Å². The van der Waals surface area contributed by atoms with E-state index >= 15 is 0 Å². The standard InChI is InChI=1S/C23H20N2O2S/c1-28-22-24-20(17-11-5-2-6-12-17)21(18-13-7-3-8-14-18)25(22)23(26)27-19-15-9-4-10-16-19/h2-16,20-21H,1H3. The molecule has 1 heterocycles. The molecule has 4 rings (SSSR count). The van der Waals surface area contributed by atoms with Crippen molar-refractivity contribution in [3.63, 3.8) is 0 Å². The molecule has 0 fully saturated rings. The van der Waals surface area contributed by atoms with Crippen LogP contribution in [0.2, 0.25) is 0 Å². The number of hydrogen-bond donors (Lipinski definition) is 0. The molecule has 3 aromatic rings. The van der Waals surface area contributed by atoms with Crippen LogP contribution in [0.5, 0.6) is 5.75 Å². The monoisotopic (exact) mass is 388 g/mol. The van der Waals surface area contributed by atoms with Crippen LogP contribution in [-0.4, -0.2) is 22.4 Å². The van der Waals surface area contributed by atoms with Crippen LogP contribution in [-0.2, 0) is 0 Å². The van der Waals surface area contributed by atoms with E-state index in [1.54, 1.807) is 17.0 Å². The molecular formula is C23H20N2O2S. The SMILES string of the molecule is CSC1=NC(c2ccccc2)C(c2ccccc2)N1C(=O)Oc1ccccc1. The molecule has 140 valence electrons. The molecule has 0 N–H and O–H groups in total. The van der Waals surface area contributed by atoms with E-state index in [0.29, 0.717) is 10.9 Å². The van der Waals surface area contributed by atoms with Crippen LogP contribution >= 0.6 is 11.8 Å². The summed E-state index contributed by atoms with van der Waals surface area (Å²) in [7, 11) is 0. The lowest BCUT2D eigenvalue weighted by molar-refractivity contribution is 0.164. The fraction of sp³-hybridized carbons (Fsp3) is 0.130. The molecule has 4 nitrogen and oxygen atoms in total. The fourth-order valence-corrected chi connectivity index (χ4v) is 3.99. The fourth-order valence-electron chi connectivity index (χ4n) is 3.38. The van der Waals surface area contributed by atoms with Crippen LogP contribution in [0.25, 0.3) is 0 Å². The maximum Gasteiger partial charge on any atom is 0.422 e. The molecule has 1 aliphatic rings. The Morgan fingerprint density at radius 2 is 1.39 bits per heavy atom. The number of nitrogens with zero attached hydrogens (tertiary/aromatic N) is 2. The van der Waals surface area contributed by atoms with Gasteiger partial charge in [-0.05, 0) is 29.5 Å². The zero-order valence-corrected chi connectivity index (χ0v) is 16.3. The maximum absolute atomic E-state index is 13.2. The first-order chi connectivity index (χ1) is 13.8. The normalized spacial score (nSPS) is 18.6. The minimum Gasteiger partial charge on any atom is -0.410 e. The van der Waals surface area contributed by atoms with Crippen molar-refractivity contribution in [1.82, 2.24) is 4.90 Å². The van der Waals surface area contributed by atoms with Crippen molar-refractivity contribution in [3.05, 3.63) is 102 Å². The van der Waals surface area contributed by atoms with Gasteiger partial charge in [0.2, 0.25) is 0 Å². The predicted octanol–water partition coefficient (Wildman–Crippen LogP) is 5.70. The summed E-state index contributed by atoms with van der Waals surface area (Å²) in [5.41, 5.74) is 2.09. The van der Waals surface area contributed by atoms with Gasteiger partial charge in [-0.3, -0.25) is 4.99 Å². The molecule has 0 aromatic heterocycles. The van der Waals surface area contributed by atoms with Gasteiger partial charge in [0.15, 0.2) is 5.17 Å². The van der Waals surface area contributed by atoms with Gasteiger partial charge in [-0.1, -0.05) is 90.6 Å². The first kappa shape index (κ1) is 18.3. The van der Waals surface area contributed by atoms with Gasteiger partial charge in [-0.25, -0.2) is 9.69 Å². The minimum atomic E-state index is -0.424. The van der Waals surface area contributed by atoms with E-state index in [0.717, 1.165) is 11.1 Å². The molecule has 28 heavy (non-hydrogen) atoms. The van der Waals surface area contributed by atoms with Crippen molar-refractivity contribution in [2.24, 2.45) is 4.99 Å². The summed E-state index contributed by atoms with van der Waals surface area (Å²) in [6.45, 7) is 0. The molecule has 0 bridgehead atoms. The Kier molecular flexibility index (Phi) is 5.44. The second-order valence-electron chi connectivity index (χ2n) is 6.38. The van der Waals surface area contributed by atoms with Crippen molar-refractivity contribution in [1.29, 1.82) is 0 Å². The Balaban J connectivity index is 1.74. The molecule has 5 heteroatoms. The molecule has 1 amide bonds. The van der Waals surface area contributed by atoms with Crippen molar-refractivity contribution in [2.45, 2.75) is 12.1 Å². The first-order valence-corrected chi connectivity index (χ1v) is 10.3. The zero-order chi connectivity index (χ0) is 19.3. The third-order valence-electron chi connectivity index (χ3n) is 4.64. The second-order valence-corrected chi connectivity index (χ2v) is 7.15. The number of aliphatic imine (C=N–C) groups is 1. The molecule has 0 aliphatic carbocycles. The molecule has 0 saturated heterocycles. The number of para-hydroxylation sites is 1. The molecule has 0 saturated carbocycles. The van der Waals surface area contributed by atoms with Crippen molar-refractivity contribution < 1.29 is 9.53 Å². The van der Waals surface area contributed by atoms with Gasteiger partial charge in [0.05, 0.1) is 6.04 Å². The number of benzene rings is 3. The maximum atomic E-state index is 13.2. The predicted molar refractivity (Wildman–Crippen MR) is 114 cm³/mol. The van der Waals surface area contributed by atoms with E-state index in [-0.39, 0.29) is 12.1 Å². The lowest BCUT2D eigenvalue weighted by Crippen LogP contribution is -2.38. The summed E-state index contributed by atoms with van der Waals surface area (Å²) in [6, 6.07) is 28.7. The third-order valence-corrected chi connectivity index (χ3v) is 5.31. The minimum absolute atomic E-state index is 0.186. The van der Waals surface area contributed by atoms with Crippen LogP contribution < -0.4 is 4.74 Å². The van der Waals surface area contributed by atoms with Crippen molar-refractivity contribution in [2.75, 3.05) is 6.26 Å². The molecule has 2 unspecified atom stereocenters. The van der Waals surface area contributed by atoms with E-state index in [1.807, 2.05) is 85.1 Å². The summed E-state index contributed by atoms with van der Waals surface area (Å²) in [4.78, 5) is 19.7. The quantitative estimate of drug-likeness (QED) is 0.578. The number of thioether (sulfide) groups is 1. The van der Waals surface area contributed by atoms with Crippen LogP contribution in [0.15, 0.2) is 96.0 Å². The van der Waals surface area contributed by atoms with Gasteiger partial charge in [0, 0.05) is 0 Å². The Bertz CT molecular complexity index is 962. The highest BCUT2D eigenvalue weighted by Gasteiger charge is 2.42. The second kappa shape index (κ2) is 8.31. The van der Waals surface area contributed by atoms with E-state index in [4.69, 9.17) is 9.73 Å². The lowest BCUT2D eigenvalue weighted by atomic mass is 9.94. The molecule has 3 aromatic carbocycles. The van der Waals surface area contributed by atoms with E-state index < -0.39 is 6.09 Å². The van der Waals surface area contributed by atoms with Gasteiger partial charge < -0.3 is 4.74 Å². The van der Waals surface area contributed by atoms with Gasteiger partial charge in [-0.2, -0.15) is 0 Å². The Hall–Kier alpha value is -3.05. The highest BCUT2D eigenvalue weighted by atomic mass is 32.2. The Morgan fingerprint density at radius 1 is 0.857 bits per heavy atom. The molecule has 1 aliphatic heterocycles. The first-order valence-electron chi connectivity index (χ1n) is 9.05. The van der Waals surface area contributed by atoms with E-state index in [9.17, 15) is 4.79 Å². The largest absolute Gasteiger partial charge is 0.422 e. The summed E-state index contributed by atoms with van der Waals surface area (Å²) in [5, 5.41) is 0.656. The molecule has 0 radical (unpaired) electrons. The summed E-state index contributed by atoms with van der Waals surface area (Å²) in [6.07, 6.45) is 1.50. The lowest BCUT2D eigenvalue weighted by Gasteiger charge is -2.28. The van der Waals surface area contributed by atoms with Crippen LogP contribution in [0.1, 0.15) is 23.2 Å². The number of amidine groups is 1. The van der Waals surface area contributed by atoms with Crippen LogP contribution in [0.4, 0.5) is 4.79 Å². The zero-order valence-electron chi connectivity index (χ0n) is 15.4. The van der Waals surface area contributed by atoms with Gasteiger partial charge in [-0.15, -0.1) is 0 Å². The number of ether oxygens (including phenoxy) is 1. The highest BCUT2D eigenvalue weighted by Crippen LogP contribution is 2.44. The average Bonchev–Trinajstić information content (AvgIpc) is 3.15. The molecule has 0 spiro atoms. The smallest absolute Gasteiger partial charge is 0.410 e. The molecular weight excluding hydrogens is 368 g/mol. The van der Waals surface area contributed by atoms with Gasteiger partial charge >= 0.3 is 6.09 Å². The average molecular weight is 388 g/mol. The summed E-state index contributed by atoms with van der Waals surface area (Å²) < 4.78 is 5.66. The summed E-state index contributed by atoms with van der Waals surface area (Å²) >= 11 is 1.45. The van der Waals surface area contributed by atoms with Crippen LogP contribution in [0.3, 0.4) is 0 Å². The number of carbonyl (C=O) groups is 1. The number of carbonyl (C=O) groups excluding carboxylic acids is 1. The van der Waals surface area contributed by atoms with Crippen molar-refractivity contribution in [3.8, 4) is 5.75 Å². The Labute approximate surface area is 168 Å². The van der Waals surface area contributed by atoms with Crippen LogP contribution in [0, 0.1) is 0 Å². The van der Waals surface area contributed by atoms with Gasteiger partial charge in [0.1, 0.15) is 11.8 Å².